The lowest BCUT2D eigenvalue weighted by molar-refractivity contribution is 0.675. The standard InChI is InChI=1S/C64H72N2S6Si2/c1-41(2)73(42(3)4,43(5)6)35-19-15-17-31-65-39-55(63-57(65)37-48(14)70-63)56-40-66(32-18-16-20-36-74(44(7)8,45(9)10)46(11)12)58-38-60(72-64(56)58)59-28-25-50(71-59)24-27-52-54-30-34-67-61(54)51(53-29-33-68-62(52)53)26-23-49-22-21-47(13)69-49/h21-22,25,28-30,33-34,37-46H,15-18,31-32H2,1-14H3. The van der Waals surface area contributed by atoms with Crippen LogP contribution in [0.25, 0.3) is 61.5 Å². The van der Waals surface area contributed by atoms with Gasteiger partial charge in [-0.1, -0.05) is 107 Å². The molecule has 0 amide bonds. The zero-order chi connectivity index (χ0) is 52.6. The predicted molar refractivity (Wildman–Crippen MR) is 341 cm³/mol. The monoisotopic (exact) mass is 1120 g/mol. The topological polar surface area (TPSA) is 9.86 Å². The maximum atomic E-state index is 3.99. The van der Waals surface area contributed by atoms with Gasteiger partial charge < -0.3 is 9.13 Å². The molecule has 0 bridgehead atoms. The molecule has 0 N–H and O–H groups in total. The number of benzene rings is 1. The van der Waals surface area contributed by atoms with E-state index < -0.39 is 16.1 Å². The summed E-state index contributed by atoms with van der Waals surface area (Å²) >= 11 is 11.0. The Balaban J connectivity index is 1.05. The number of hydrogen-bond donors (Lipinski definition) is 0. The third kappa shape index (κ3) is 10.5. The summed E-state index contributed by atoms with van der Waals surface area (Å²) in [6.07, 6.45) is 8.85. The number of rotatable bonds is 14. The predicted octanol–water partition coefficient (Wildman–Crippen LogP) is 21.0. The minimum atomic E-state index is -1.78. The van der Waals surface area contributed by atoms with Crippen molar-refractivity contribution >= 4 is 125 Å². The van der Waals surface area contributed by atoms with Gasteiger partial charge in [0.1, 0.15) is 16.1 Å². The van der Waals surface area contributed by atoms with E-state index in [0.717, 1.165) is 59.7 Å². The molecule has 0 aliphatic carbocycles. The Kier molecular flexibility index (Phi) is 16.7. The molecule has 1 aromatic carbocycles. The van der Waals surface area contributed by atoms with Crippen LogP contribution in [0.15, 0.2) is 71.7 Å². The van der Waals surface area contributed by atoms with Gasteiger partial charge in [0.15, 0.2) is 0 Å². The lowest BCUT2D eigenvalue weighted by atomic mass is 10.0. The number of unbranched alkanes of at least 4 members (excludes halogenated alkanes) is 2. The van der Waals surface area contributed by atoms with Crippen LogP contribution in [0.5, 0.6) is 0 Å². The summed E-state index contributed by atoms with van der Waals surface area (Å²) in [5, 5.41) is 6.77. The van der Waals surface area contributed by atoms with Crippen LogP contribution in [-0.4, -0.2) is 25.3 Å². The normalized spacial score (nSPS) is 12.3. The van der Waals surface area contributed by atoms with Crippen molar-refractivity contribution < 1.29 is 0 Å². The van der Waals surface area contributed by atoms with Crippen LogP contribution in [0, 0.1) is 60.5 Å². The number of hydrogen-bond acceptors (Lipinski definition) is 6. The molecule has 0 unspecified atom stereocenters. The van der Waals surface area contributed by atoms with Crippen molar-refractivity contribution in [3.05, 3.63) is 102 Å². The van der Waals surface area contributed by atoms with Crippen LogP contribution in [0.1, 0.15) is 139 Å². The van der Waals surface area contributed by atoms with Crippen LogP contribution in [0.2, 0.25) is 33.2 Å². The molecule has 0 saturated carbocycles. The largest absolute Gasteiger partial charge is 0.346 e. The number of thiophene rings is 6. The van der Waals surface area contributed by atoms with Crippen LogP contribution in [0.4, 0.5) is 0 Å². The molecule has 8 heterocycles. The van der Waals surface area contributed by atoms with Gasteiger partial charge in [0, 0.05) is 79.7 Å². The fraction of sp³-hybridized carbons (Fsp3) is 0.406. The van der Waals surface area contributed by atoms with Gasteiger partial charge in [-0.3, -0.25) is 0 Å². The van der Waals surface area contributed by atoms with E-state index in [1.807, 2.05) is 22.7 Å². The van der Waals surface area contributed by atoms with Crippen molar-refractivity contribution in [3.8, 4) is 67.5 Å². The molecule has 74 heavy (non-hydrogen) atoms. The molecule has 0 spiro atoms. The van der Waals surface area contributed by atoms with Gasteiger partial charge in [-0.25, -0.2) is 0 Å². The van der Waals surface area contributed by atoms with E-state index in [1.54, 1.807) is 45.3 Å². The van der Waals surface area contributed by atoms with Crippen LogP contribution in [0.3, 0.4) is 0 Å². The maximum Gasteiger partial charge on any atom is 0.145 e. The van der Waals surface area contributed by atoms with Crippen LogP contribution in [-0.2, 0) is 13.1 Å². The molecule has 9 aromatic rings. The van der Waals surface area contributed by atoms with E-state index in [9.17, 15) is 0 Å². The first-order valence-corrected chi connectivity index (χ1v) is 36.3. The lowest BCUT2D eigenvalue weighted by Crippen LogP contribution is -2.43. The maximum absolute atomic E-state index is 3.99. The molecule has 382 valence electrons. The third-order valence-electron chi connectivity index (χ3n) is 15.8. The highest BCUT2D eigenvalue weighted by Gasteiger charge is 2.42. The summed E-state index contributed by atoms with van der Waals surface area (Å²) < 4.78 is 10.3. The Morgan fingerprint density at radius 2 is 0.919 bits per heavy atom. The lowest BCUT2D eigenvalue weighted by Gasteiger charge is -2.38. The molecule has 0 aliphatic rings. The molecule has 0 radical (unpaired) electrons. The molecule has 8 aromatic heterocycles. The molecule has 0 atom stereocenters. The summed E-state index contributed by atoms with van der Waals surface area (Å²) in [5.74, 6) is 21.9. The Hall–Kier alpha value is -4.31. The average Bonchev–Trinajstić information content (AvgIpc) is 4.20. The molecule has 10 heteroatoms. The van der Waals surface area contributed by atoms with E-state index in [0.29, 0.717) is 33.2 Å². The van der Waals surface area contributed by atoms with E-state index in [1.165, 1.54) is 71.2 Å². The van der Waals surface area contributed by atoms with Crippen molar-refractivity contribution in [2.75, 3.05) is 0 Å². The fourth-order valence-corrected chi connectivity index (χ4v) is 28.6. The number of nitrogens with zero attached hydrogens (tertiary/aromatic N) is 2. The van der Waals surface area contributed by atoms with Crippen molar-refractivity contribution in [2.24, 2.45) is 0 Å². The minimum Gasteiger partial charge on any atom is -0.346 e. The molecule has 2 nitrogen and oxygen atoms in total. The molecule has 0 aliphatic heterocycles. The summed E-state index contributed by atoms with van der Waals surface area (Å²) in [5.41, 5.74) is 19.4. The third-order valence-corrected chi connectivity index (χ3v) is 34.7. The highest BCUT2D eigenvalue weighted by atomic mass is 32.1. The van der Waals surface area contributed by atoms with Gasteiger partial charge in [-0.05, 0) is 119 Å². The summed E-state index contributed by atoms with van der Waals surface area (Å²) in [4.78, 5) is 7.39. The van der Waals surface area contributed by atoms with Crippen molar-refractivity contribution in [3.63, 3.8) is 0 Å². The first-order chi connectivity index (χ1) is 35.4. The van der Waals surface area contributed by atoms with Gasteiger partial charge in [0.25, 0.3) is 0 Å². The summed E-state index contributed by atoms with van der Waals surface area (Å²) in [7, 11) is -3.52. The van der Waals surface area contributed by atoms with E-state index >= 15 is 0 Å². The summed E-state index contributed by atoms with van der Waals surface area (Å²) in [6.45, 7) is 35.3. The number of aromatic nitrogens is 2. The van der Waals surface area contributed by atoms with Crippen molar-refractivity contribution in [1.29, 1.82) is 0 Å². The first-order valence-electron chi connectivity index (χ1n) is 26.8. The Morgan fingerprint density at radius 1 is 0.459 bits per heavy atom. The molecule has 0 saturated heterocycles. The summed E-state index contributed by atoms with van der Waals surface area (Å²) in [6, 6.07) is 18.1. The highest BCUT2D eigenvalue weighted by Crippen LogP contribution is 2.47. The van der Waals surface area contributed by atoms with Gasteiger partial charge >= 0.3 is 0 Å². The SMILES string of the molecule is Cc1ccc(C#Cc2c3ccsc3c(C#Cc3ccc(-c4cc5c(s4)c(-c4cn(CCCC#C[Si](C(C)C)(C(C)C)C(C)C)c6cc(C)sc46)cn5CCCC#C[Si](C(C)C)(C(C)C)C(C)C)s3)c3ccsc23)s1. The second kappa shape index (κ2) is 22.7. The minimum absolute atomic E-state index is 0.639. The molecular formula is C64H72N2S6Si2. The van der Waals surface area contributed by atoms with E-state index in [-0.39, 0.29) is 0 Å². The Bertz CT molecular complexity index is 3640. The van der Waals surface area contributed by atoms with Crippen LogP contribution >= 0.6 is 68.0 Å². The second-order valence-corrected chi connectivity index (χ2v) is 39.8. The van der Waals surface area contributed by atoms with E-state index in [4.69, 9.17) is 0 Å². The van der Waals surface area contributed by atoms with Gasteiger partial charge in [-0.2, -0.15) is 0 Å². The zero-order valence-electron chi connectivity index (χ0n) is 46.0. The Labute approximate surface area is 468 Å². The quantitative estimate of drug-likeness (QED) is 0.0583. The first kappa shape index (κ1) is 54.5. The average molecular weight is 1120 g/mol. The zero-order valence-corrected chi connectivity index (χ0v) is 52.9. The highest BCUT2D eigenvalue weighted by molar-refractivity contribution is 7.26. The van der Waals surface area contributed by atoms with Gasteiger partial charge in [0.2, 0.25) is 0 Å². The number of fused-ring (bicyclic) bond motifs is 4. The van der Waals surface area contributed by atoms with Crippen LogP contribution < -0.4 is 0 Å². The van der Waals surface area contributed by atoms with Crippen molar-refractivity contribution in [2.45, 2.75) is 169 Å². The van der Waals surface area contributed by atoms with Gasteiger partial charge in [-0.15, -0.1) is 90.9 Å². The number of aryl methyl sites for hydroxylation is 4. The molecule has 0 fully saturated rings. The smallest absolute Gasteiger partial charge is 0.145 e. The second-order valence-electron chi connectivity index (χ2n) is 22.1. The molecular weight excluding hydrogens is 1050 g/mol. The van der Waals surface area contributed by atoms with Gasteiger partial charge in [0.05, 0.1) is 50.7 Å². The van der Waals surface area contributed by atoms with E-state index in [2.05, 4.69) is 224 Å². The Morgan fingerprint density at radius 3 is 1.39 bits per heavy atom. The molecule has 9 rings (SSSR count). The fourth-order valence-electron chi connectivity index (χ4n) is 12.3. The van der Waals surface area contributed by atoms with Crippen molar-refractivity contribution in [1.82, 2.24) is 9.13 Å².